The van der Waals surface area contributed by atoms with Crippen molar-refractivity contribution in [3.63, 3.8) is 0 Å². The fraction of sp³-hybridized carbons (Fsp3) is 0.692. The Morgan fingerprint density at radius 1 is 1.53 bits per heavy atom. The van der Waals surface area contributed by atoms with E-state index >= 15 is 0 Å². The third-order valence-electron chi connectivity index (χ3n) is 3.37. The number of Topliss-reactive ketones (excluding diaryl/α,β-unsaturated/α-hetero) is 1. The molecule has 4 heteroatoms. The van der Waals surface area contributed by atoms with E-state index < -0.39 is 0 Å². The van der Waals surface area contributed by atoms with E-state index in [1.165, 1.54) is 19.3 Å². The minimum Gasteiger partial charge on any atom is -0.360 e. The minimum atomic E-state index is 0.277. The lowest BCUT2D eigenvalue weighted by atomic mass is 10.0. The number of rotatable bonds is 4. The van der Waals surface area contributed by atoms with Crippen LogP contribution in [0.15, 0.2) is 16.8 Å². The molecule has 1 aromatic heterocycles. The van der Waals surface area contributed by atoms with E-state index in [1.54, 1.807) is 13.1 Å². The summed E-state index contributed by atoms with van der Waals surface area (Å²) in [4.78, 5) is 13.7. The molecule has 1 atom stereocenters. The van der Waals surface area contributed by atoms with Crippen LogP contribution in [0.4, 0.5) is 0 Å². The van der Waals surface area contributed by atoms with E-state index in [2.05, 4.69) is 10.1 Å². The zero-order valence-electron chi connectivity index (χ0n) is 10.4. The fourth-order valence-corrected chi connectivity index (χ4v) is 2.53. The first-order chi connectivity index (χ1) is 8.25. The topological polar surface area (TPSA) is 46.3 Å². The third-order valence-corrected chi connectivity index (χ3v) is 3.37. The van der Waals surface area contributed by atoms with Crippen LogP contribution in [0, 0.1) is 0 Å². The molecule has 0 radical (unpaired) electrons. The maximum Gasteiger partial charge on any atom is 0.150 e. The van der Waals surface area contributed by atoms with Crippen LogP contribution in [-0.2, 0) is 11.3 Å². The Kier molecular flexibility index (Phi) is 4.31. The summed E-state index contributed by atoms with van der Waals surface area (Å²) in [5, 5.41) is 3.73. The van der Waals surface area contributed by atoms with Crippen LogP contribution in [0.5, 0.6) is 0 Å². The Labute approximate surface area is 102 Å². The zero-order valence-corrected chi connectivity index (χ0v) is 10.4. The molecule has 17 heavy (non-hydrogen) atoms. The monoisotopic (exact) mass is 236 g/mol. The Morgan fingerprint density at radius 2 is 2.41 bits per heavy atom. The van der Waals surface area contributed by atoms with E-state index in [9.17, 15) is 4.79 Å². The van der Waals surface area contributed by atoms with Gasteiger partial charge in [0.25, 0.3) is 0 Å². The van der Waals surface area contributed by atoms with Crippen LogP contribution >= 0.6 is 0 Å². The number of ketones is 1. The second-order valence-electron chi connectivity index (χ2n) is 4.86. The van der Waals surface area contributed by atoms with Gasteiger partial charge in [0, 0.05) is 18.5 Å². The van der Waals surface area contributed by atoms with Gasteiger partial charge in [-0.2, -0.15) is 0 Å². The Hall–Kier alpha value is -1.16. The largest absolute Gasteiger partial charge is 0.360 e. The maximum atomic E-state index is 11.3. The molecule has 0 aliphatic carbocycles. The predicted octanol–water partition coefficient (Wildman–Crippen LogP) is 2.40. The molecule has 0 aromatic carbocycles. The Bertz CT molecular complexity index is 348. The molecule has 1 unspecified atom stereocenters. The average molecular weight is 236 g/mol. The molecule has 1 saturated heterocycles. The zero-order chi connectivity index (χ0) is 12.1. The highest BCUT2D eigenvalue weighted by Crippen LogP contribution is 2.21. The summed E-state index contributed by atoms with van der Waals surface area (Å²) in [7, 11) is 0. The molecule has 1 aliphatic rings. The van der Waals surface area contributed by atoms with Crippen molar-refractivity contribution in [2.75, 3.05) is 6.54 Å². The Morgan fingerprint density at radius 3 is 3.12 bits per heavy atom. The van der Waals surface area contributed by atoms with E-state index in [0.29, 0.717) is 12.5 Å². The van der Waals surface area contributed by atoms with Crippen molar-refractivity contribution in [2.24, 2.45) is 0 Å². The molecule has 1 aromatic rings. The van der Waals surface area contributed by atoms with Crippen LogP contribution in [0.25, 0.3) is 0 Å². The molecule has 4 nitrogen and oxygen atoms in total. The standard InChI is InChI=1S/C13H20N2O2/c1-11(16)9-12-5-3-2-4-8-15(12)10-13-6-7-14-17-13/h6-7,12H,2-5,8-10H2,1H3. The maximum absolute atomic E-state index is 11.3. The second kappa shape index (κ2) is 5.96. The van der Waals surface area contributed by atoms with Crippen molar-refractivity contribution in [1.82, 2.24) is 10.1 Å². The van der Waals surface area contributed by atoms with Gasteiger partial charge in [-0.05, 0) is 26.3 Å². The molecular weight excluding hydrogens is 216 g/mol. The van der Waals surface area contributed by atoms with E-state index in [4.69, 9.17) is 4.52 Å². The van der Waals surface area contributed by atoms with Crippen LogP contribution in [0.3, 0.4) is 0 Å². The van der Waals surface area contributed by atoms with Crippen LogP contribution in [0.1, 0.15) is 44.8 Å². The van der Waals surface area contributed by atoms with Gasteiger partial charge in [0.2, 0.25) is 0 Å². The molecule has 0 amide bonds. The fourth-order valence-electron chi connectivity index (χ4n) is 2.53. The molecule has 0 bridgehead atoms. The van der Waals surface area contributed by atoms with Crippen molar-refractivity contribution in [2.45, 2.75) is 51.6 Å². The first kappa shape index (κ1) is 12.3. The lowest BCUT2D eigenvalue weighted by Crippen LogP contribution is -2.35. The number of carbonyl (C=O) groups excluding carboxylic acids is 1. The summed E-state index contributed by atoms with van der Waals surface area (Å²) in [5.41, 5.74) is 0. The molecule has 0 saturated carbocycles. The SMILES string of the molecule is CC(=O)CC1CCCCCN1Cc1ccno1. The second-order valence-corrected chi connectivity index (χ2v) is 4.86. The van der Waals surface area contributed by atoms with Crippen molar-refractivity contribution in [3.05, 3.63) is 18.0 Å². The number of hydrogen-bond donors (Lipinski definition) is 0. The Balaban J connectivity index is 2.00. The normalized spacial score (nSPS) is 22.3. The summed E-state index contributed by atoms with van der Waals surface area (Å²) in [6.07, 6.45) is 7.16. The summed E-state index contributed by atoms with van der Waals surface area (Å²) < 4.78 is 5.15. The molecule has 1 fully saturated rings. The van der Waals surface area contributed by atoms with Gasteiger partial charge in [-0.25, -0.2) is 0 Å². The number of likely N-dealkylation sites (tertiary alicyclic amines) is 1. The van der Waals surface area contributed by atoms with Gasteiger partial charge >= 0.3 is 0 Å². The van der Waals surface area contributed by atoms with Gasteiger partial charge in [0.05, 0.1) is 12.7 Å². The molecule has 0 N–H and O–H groups in total. The van der Waals surface area contributed by atoms with Crippen LogP contribution < -0.4 is 0 Å². The summed E-state index contributed by atoms with van der Waals surface area (Å²) >= 11 is 0. The van der Waals surface area contributed by atoms with Gasteiger partial charge in [-0.1, -0.05) is 18.0 Å². The van der Waals surface area contributed by atoms with Gasteiger partial charge in [0.15, 0.2) is 5.76 Å². The first-order valence-electron chi connectivity index (χ1n) is 6.39. The lowest BCUT2D eigenvalue weighted by Gasteiger charge is -2.28. The lowest BCUT2D eigenvalue weighted by molar-refractivity contribution is -0.118. The van der Waals surface area contributed by atoms with Crippen LogP contribution in [0.2, 0.25) is 0 Å². The predicted molar refractivity (Wildman–Crippen MR) is 64.5 cm³/mol. The third kappa shape index (κ3) is 3.66. The molecule has 0 spiro atoms. The molecule has 2 heterocycles. The summed E-state index contributed by atoms with van der Waals surface area (Å²) in [6, 6.07) is 2.27. The number of aromatic nitrogens is 1. The van der Waals surface area contributed by atoms with Gasteiger partial charge in [-0.15, -0.1) is 0 Å². The van der Waals surface area contributed by atoms with Gasteiger partial charge < -0.3 is 4.52 Å². The van der Waals surface area contributed by atoms with Crippen molar-refractivity contribution in [1.29, 1.82) is 0 Å². The van der Waals surface area contributed by atoms with Crippen LogP contribution in [-0.4, -0.2) is 28.4 Å². The van der Waals surface area contributed by atoms with Crippen molar-refractivity contribution < 1.29 is 9.32 Å². The smallest absolute Gasteiger partial charge is 0.150 e. The highest BCUT2D eigenvalue weighted by atomic mass is 16.5. The molecular formula is C13H20N2O2. The molecule has 1 aliphatic heterocycles. The van der Waals surface area contributed by atoms with Gasteiger partial charge in [0.1, 0.15) is 5.78 Å². The first-order valence-corrected chi connectivity index (χ1v) is 6.39. The molecule has 94 valence electrons. The minimum absolute atomic E-state index is 0.277. The van der Waals surface area contributed by atoms with E-state index in [0.717, 1.165) is 25.3 Å². The van der Waals surface area contributed by atoms with E-state index in [1.807, 2.05) is 6.07 Å². The quantitative estimate of drug-likeness (QED) is 0.805. The highest BCUT2D eigenvalue weighted by molar-refractivity contribution is 5.76. The van der Waals surface area contributed by atoms with Crippen molar-refractivity contribution in [3.8, 4) is 0 Å². The average Bonchev–Trinajstić information content (AvgIpc) is 2.69. The number of nitrogens with zero attached hydrogens (tertiary/aromatic N) is 2. The van der Waals surface area contributed by atoms with Crippen molar-refractivity contribution >= 4 is 5.78 Å². The summed E-state index contributed by atoms with van der Waals surface area (Å²) in [6.45, 7) is 3.51. The number of hydrogen-bond acceptors (Lipinski definition) is 4. The van der Waals surface area contributed by atoms with Gasteiger partial charge in [-0.3, -0.25) is 9.69 Å². The highest BCUT2D eigenvalue weighted by Gasteiger charge is 2.23. The molecule has 2 rings (SSSR count). The number of carbonyl (C=O) groups is 1. The van der Waals surface area contributed by atoms with E-state index in [-0.39, 0.29) is 5.78 Å². The summed E-state index contributed by atoms with van der Waals surface area (Å²) in [5.74, 6) is 1.17.